The Kier molecular flexibility index (Phi) is 3.80. The van der Waals surface area contributed by atoms with Gasteiger partial charge in [0.05, 0.1) is 6.04 Å². The molecule has 5 nitrogen and oxygen atoms in total. The number of fused-ring (bicyclic) bond motifs is 2. The summed E-state index contributed by atoms with van der Waals surface area (Å²) in [5, 5.41) is 3.60. The fourth-order valence-corrected chi connectivity index (χ4v) is 2.91. The van der Waals surface area contributed by atoms with Crippen molar-refractivity contribution in [3.8, 4) is 11.5 Å². The predicted octanol–water partition coefficient (Wildman–Crippen LogP) is 3.57. The number of rotatable bonds is 3. The van der Waals surface area contributed by atoms with Gasteiger partial charge < -0.3 is 19.8 Å². The van der Waals surface area contributed by atoms with Crippen molar-refractivity contribution in [3.05, 3.63) is 59.5 Å². The van der Waals surface area contributed by atoms with Gasteiger partial charge in [0.1, 0.15) is 24.7 Å². The van der Waals surface area contributed by atoms with Crippen LogP contribution >= 0.6 is 0 Å². The molecule has 1 aromatic heterocycles. The standard InChI is InChI=1S/C19H17FN2O3/c1-11(12-2-5-17-18(10-12)25-7-6-24-17)21-19(23)16-9-13-8-14(20)3-4-15(13)22-16/h2-5,8-11,22H,6-7H2,1H3,(H,21,23). The Hall–Kier alpha value is -3.02. The van der Waals surface area contributed by atoms with E-state index in [2.05, 4.69) is 10.3 Å². The van der Waals surface area contributed by atoms with E-state index in [9.17, 15) is 9.18 Å². The number of amides is 1. The maximum atomic E-state index is 13.3. The number of H-pyrrole nitrogens is 1. The first-order chi connectivity index (χ1) is 12.1. The highest BCUT2D eigenvalue weighted by Crippen LogP contribution is 2.32. The second-order valence-electron chi connectivity index (χ2n) is 6.01. The van der Waals surface area contributed by atoms with Gasteiger partial charge >= 0.3 is 0 Å². The molecule has 0 spiro atoms. The zero-order valence-electron chi connectivity index (χ0n) is 13.6. The van der Waals surface area contributed by atoms with Gasteiger partial charge in [-0.15, -0.1) is 0 Å². The number of aromatic amines is 1. The lowest BCUT2D eigenvalue weighted by Crippen LogP contribution is -2.27. The Morgan fingerprint density at radius 1 is 1.12 bits per heavy atom. The number of halogens is 1. The van der Waals surface area contributed by atoms with Crippen molar-refractivity contribution >= 4 is 16.8 Å². The molecule has 128 valence electrons. The first-order valence-corrected chi connectivity index (χ1v) is 8.09. The second kappa shape index (κ2) is 6.12. The van der Waals surface area contributed by atoms with Gasteiger partial charge in [0.15, 0.2) is 11.5 Å². The molecule has 0 saturated carbocycles. The van der Waals surface area contributed by atoms with Crippen molar-refractivity contribution in [1.82, 2.24) is 10.3 Å². The number of hydrogen-bond donors (Lipinski definition) is 2. The zero-order valence-corrected chi connectivity index (χ0v) is 13.6. The lowest BCUT2D eigenvalue weighted by atomic mass is 10.1. The molecular weight excluding hydrogens is 323 g/mol. The predicted molar refractivity (Wildman–Crippen MR) is 91.6 cm³/mol. The van der Waals surface area contributed by atoms with Crippen LogP contribution in [-0.2, 0) is 0 Å². The lowest BCUT2D eigenvalue weighted by Gasteiger charge is -2.21. The zero-order chi connectivity index (χ0) is 17.4. The molecule has 4 rings (SSSR count). The van der Waals surface area contributed by atoms with E-state index in [-0.39, 0.29) is 17.8 Å². The van der Waals surface area contributed by atoms with E-state index in [0.717, 1.165) is 11.1 Å². The molecule has 0 saturated heterocycles. The molecule has 2 aromatic carbocycles. The number of carbonyl (C=O) groups is 1. The van der Waals surface area contributed by atoms with Crippen LogP contribution < -0.4 is 14.8 Å². The summed E-state index contributed by atoms with van der Waals surface area (Å²) in [6.07, 6.45) is 0. The summed E-state index contributed by atoms with van der Waals surface area (Å²) in [6.45, 7) is 2.95. The second-order valence-corrected chi connectivity index (χ2v) is 6.01. The Bertz CT molecular complexity index is 951. The molecule has 1 aliphatic heterocycles. The van der Waals surface area contributed by atoms with Gasteiger partial charge in [-0.25, -0.2) is 4.39 Å². The van der Waals surface area contributed by atoms with Crippen LogP contribution in [0.25, 0.3) is 10.9 Å². The van der Waals surface area contributed by atoms with Crippen LogP contribution in [0, 0.1) is 5.82 Å². The molecular formula is C19H17FN2O3. The molecule has 3 aromatic rings. The highest BCUT2D eigenvalue weighted by Gasteiger charge is 2.17. The van der Waals surface area contributed by atoms with Crippen LogP contribution in [0.1, 0.15) is 29.0 Å². The summed E-state index contributed by atoms with van der Waals surface area (Å²) in [5.74, 6) is 0.819. The topological polar surface area (TPSA) is 63.4 Å². The van der Waals surface area contributed by atoms with Crippen molar-refractivity contribution in [1.29, 1.82) is 0 Å². The minimum atomic E-state index is -0.330. The summed E-state index contributed by atoms with van der Waals surface area (Å²) >= 11 is 0. The number of ether oxygens (including phenoxy) is 2. The van der Waals surface area contributed by atoms with Crippen LogP contribution in [0.3, 0.4) is 0 Å². The van der Waals surface area contributed by atoms with Gasteiger partial charge in [-0.2, -0.15) is 0 Å². The number of carbonyl (C=O) groups excluding carboxylic acids is 1. The Labute approximate surface area is 143 Å². The maximum absolute atomic E-state index is 13.3. The van der Waals surface area contributed by atoms with Crippen molar-refractivity contribution in [2.45, 2.75) is 13.0 Å². The third-order valence-corrected chi connectivity index (χ3v) is 4.24. The first-order valence-electron chi connectivity index (χ1n) is 8.09. The minimum absolute atomic E-state index is 0.216. The molecule has 25 heavy (non-hydrogen) atoms. The third kappa shape index (κ3) is 3.03. The lowest BCUT2D eigenvalue weighted by molar-refractivity contribution is 0.0935. The van der Waals surface area contributed by atoms with Gasteiger partial charge in [0.25, 0.3) is 5.91 Å². The molecule has 0 fully saturated rings. The molecule has 0 bridgehead atoms. The van der Waals surface area contributed by atoms with Gasteiger partial charge in [-0.3, -0.25) is 4.79 Å². The van der Waals surface area contributed by atoms with E-state index in [4.69, 9.17) is 9.47 Å². The van der Waals surface area contributed by atoms with Crippen molar-refractivity contribution in [2.24, 2.45) is 0 Å². The molecule has 2 N–H and O–H groups in total. The first kappa shape index (κ1) is 15.5. The van der Waals surface area contributed by atoms with E-state index < -0.39 is 0 Å². The molecule has 1 amide bonds. The molecule has 1 atom stereocenters. The fraction of sp³-hybridized carbons (Fsp3) is 0.211. The van der Waals surface area contributed by atoms with Crippen LogP contribution in [-0.4, -0.2) is 24.1 Å². The summed E-state index contributed by atoms with van der Waals surface area (Å²) in [6, 6.07) is 11.4. The van der Waals surface area contributed by atoms with Gasteiger partial charge in [-0.1, -0.05) is 6.07 Å². The SMILES string of the molecule is CC(NC(=O)c1cc2cc(F)ccc2[nH]1)c1ccc2c(c1)OCCO2. The summed E-state index contributed by atoms with van der Waals surface area (Å²) in [7, 11) is 0. The molecule has 1 unspecified atom stereocenters. The van der Waals surface area contributed by atoms with Gasteiger partial charge in [0, 0.05) is 10.9 Å². The van der Waals surface area contributed by atoms with Crippen LogP contribution in [0.2, 0.25) is 0 Å². The largest absolute Gasteiger partial charge is 0.486 e. The average Bonchev–Trinajstić information content (AvgIpc) is 3.04. The van der Waals surface area contributed by atoms with E-state index in [0.29, 0.717) is 35.8 Å². The van der Waals surface area contributed by atoms with E-state index in [1.807, 2.05) is 25.1 Å². The normalized spacial score (nSPS) is 14.3. The van der Waals surface area contributed by atoms with E-state index >= 15 is 0 Å². The van der Waals surface area contributed by atoms with Gasteiger partial charge in [0.2, 0.25) is 0 Å². The molecule has 0 aliphatic carbocycles. The Morgan fingerprint density at radius 2 is 1.92 bits per heavy atom. The summed E-state index contributed by atoms with van der Waals surface area (Å²) in [4.78, 5) is 15.5. The average molecular weight is 340 g/mol. The highest BCUT2D eigenvalue weighted by atomic mass is 19.1. The van der Waals surface area contributed by atoms with Crippen LogP contribution in [0.4, 0.5) is 4.39 Å². The number of hydrogen-bond acceptors (Lipinski definition) is 3. The minimum Gasteiger partial charge on any atom is -0.486 e. The fourth-order valence-electron chi connectivity index (χ4n) is 2.91. The Morgan fingerprint density at radius 3 is 2.76 bits per heavy atom. The quantitative estimate of drug-likeness (QED) is 0.766. The highest BCUT2D eigenvalue weighted by molar-refractivity contribution is 5.98. The van der Waals surface area contributed by atoms with Crippen molar-refractivity contribution < 1.29 is 18.7 Å². The molecule has 1 aliphatic rings. The van der Waals surface area contributed by atoms with Crippen molar-refractivity contribution in [2.75, 3.05) is 13.2 Å². The number of benzene rings is 2. The molecule has 2 heterocycles. The van der Waals surface area contributed by atoms with E-state index in [1.54, 1.807) is 12.1 Å². The number of nitrogens with one attached hydrogen (secondary N) is 2. The maximum Gasteiger partial charge on any atom is 0.268 e. The van der Waals surface area contributed by atoms with Crippen molar-refractivity contribution in [3.63, 3.8) is 0 Å². The number of aromatic nitrogens is 1. The van der Waals surface area contributed by atoms with Gasteiger partial charge in [-0.05, 0) is 48.9 Å². The summed E-state index contributed by atoms with van der Waals surface area (Å²) < 4.78 is 24.4. The Balaban J connectivity index is 1.53. The van der Waals surface area contributed by atoms with E-state index in [1.165, 1.54) is 12.1 Å². The molecule has 0 radical (unpaired) electrons. The van der Waals surface area contributed by atoms with Crippen LogP contribution in [0.15, 0.2) is 42.5 Å². The monoisotopic (exact) mass is 340 g/mol. The smallest absolute Gasteiger partial charge is 0.268 e. The third-order valence-electron chi connectivity index (χ3n) is 4.24. The summed E-state index contributed by atoms with van der Waals surface area (Å²) in [5.41, 5.74) is 2.03. The van der Waals surface area contributed by atoms with Crippen LogP contribution in [0.5, 0.6) is 11.5 Å². The molecule has 6 heteroatoms.